The number of benzene rings is 1. The lowest BCUT2D eigenvalue weighted by Gasteiger charge is -2.33. The Labute approximate surface area is 183 Å². The molecule has 1 aromatic carbocycles. The third-order valence-corrected chi connectivity index (χ3v) is 5.89. The van der Waals surface area contributed by atoms with Crippen molar-refractivity contribution in [1.82, 2.24) is 19.9 Å². The van der Waals surface area contributed by atoms with Crippen molar-refractivity contribution in [2.75, 3.05) is 4.90 Å². The number of nitrogens with one attached hydrogen (secondary N) is 1. The van der Waals surface area contributed by atoms with Crippen molar-refractivity contribution in [2.24, 2.45) is 0 Å². The second-order valence-electron chi connectivity index (χ2n) is 7.44. The highest BCUT2D eigenvalue weighted by atomic mass is 32.1. The Hall–Kier alpha value is -3.20. The highest BCUT2D eigenvalue weighted by Crippen LogP contribution is 2.32. The first-order chi connectivity index (χ1) is 15.1. The molecule has 0 spiro atoms. The zero-order valence-electron chi connectivity index (χ0n) is 16.8. The van der Waals surface area contributed by atoms with E-state index in [9.17, 15) is 14.0 Å². The van der Waals surface area contributed by atoms with Crippen molar-refractivity contribution >= 4 is 29.0 Å². The molecule has 0 aliphatic heterocycles. The predicted octanol–water partition coefficient (Wildman–Crippen LogP) is 3.91. The van der Waals surface area contributed by atoms with Crippen molar-refractivity contribution < 1.29 is 14.0 Å². The van der Waals surface area contributed by atoms with Gasteiger partial charge in [0.05, 0.1) is 5.69 Å². The lowest BCUT2D eigenvalue weighted by Crippen LogP contribution is -2.47. The summed E-state index contributed by atoms with van der Waals surface area (Å²) in [5.41, 5.74) is 0.585. The number of nitrogens with zero attached hydrogens (tertiary/aromatic N) is 4. The van der Waals surface area contributed by atoms with Gasteiger partial charge in [0.2, 0.25) is 5.91 Å². The molecular formula is C22H22FN5O2S. The molecule has 31 heavy (non-hydrogen) atoms. The van der Waals surface area contributed by atoms with Gasteiger partial charge in [-0.05, 0) is 54.2 Å². The van der Waals surface area contributed by atoms with Crippen LogP contribution in [0.3, 0.4) is 0 Å². The van der Waals surface area contributed by atoms with Gasteiger partial charge in [0.1, 0.15) is 11.9 Å². The number of hydrogen-bond acceptors (Lipinski definition) is 6. The number of halogens is 1. The molecule has 4 rings (SSSR count). The van der Waals surface area contributed by atoms with Crippen LogP contribution in [0.5, 0.6) is 0 Å². The smallest absolute Gasteiger partial charge is 0.280 e. The number of amides is 2. The van der Waals surface area contributed by atoms with Gasteiger partial charge in [-0.3, -0.25) is 19.5 Å². The lowest BCUT2D eigenvalue weighted by atomic mass is 9.94. The minimum absolute atomic E-state index is 0.00102. The summed E-state index contributed by atoms with van der Waals surface area (Å²) in [4.78, 5) is 32.2. The molecule has 0 bridgehead atoms. The highest BCUT2D eigenvalue weighted by Gasteiger charge is 2.36. The van der Waals surface area contributed by atoms with Gasteiger partial charge < -0.3 is 5.32 Å². The number of pyridine rings is 1. The molecule has 160 valence electrons. The van der Waals surface area contributed by atoms with Gasteiger partial charge in [0, 0.05) is 23.8 Å². The van der Waals surface area contributed by atoms with Crippen LogP contribution in [0.2, 0.25) is 0 Å². The van der Waals surface area contributed by atoms with Crippen LogP contribution >= 0.6 is 11.5 Å². The largest absolute Gasteiger partial charge is 0.351 e. The zero-order valence-corrected chi connectivity index (χ0v) is 17.6. The van der Waals surface area contributed by atoms with E-state index < -0.39 is 17.8 Å². The molecule has 1 N–H and O–H groups in total. The topological polar surface area (TPSA) is 88.1 Å². The molecule has 1 atom stereocenters. The normalized spacial score (nSPS) is 15.3. The maximum Gasteiger partial charge on any atom is 0.280 e. The van der Waals surface area contributed by atoms with E-state index in [1.165, 1.54) is 28.5 Å². The fourth-order valence-electron chi connectivity index (χ4n) is 3.88. The molecule has 1 aliphatic rings. The van der Waals surface area contributed by atoms with E-state index in [0.29, 0.717) is 5.56 Å². The first-order valence-corrected chi connectivity index (χ1v) is 11.0. The van der Waals surface area contributed by atoms with Crippen LogP contribution in [0.1, 0.15) is 54.2 Å². The van der Waals surface area contributed by atoms with Crippen LogP contribution in [-0.4, -0.2) is 32.4 Å². The summed E-state index contributed by atoms with van der Waals surface area (Å²) in [6, 6.07) is 8.17. The Morgan fingerprint density at radius 2 is 1.84 bits per heavy atom. The third-order valence-electron chi connectivity index (χ3n) is 5.39. The van der Waals surface area contributed by atoms with Gasteiger partial charge in [-0.25, -0.2) is 4.39 Å². The lowest BCUT2D eigenvalue weighted by molar-refractivity contribution is -0.123. The Balaban J connectivity index is 1.78. The van der Waals surface area contributed by atoms with Crippen molar-refractivity contribution in [1.29, 1.82) is 0 Å². The SMILES string of the molecule is O=C(NC1CCCCC1)C(c1ccncc1)N(C(=O)c1csnn1)c1ccccc1F. The van der Waals surface area contributed by atoms with Crippen LogP contribution in [-0.2, 0) is 4.79 Å². The van der Waals surface area contributed by atoms with Crippen molar-refractivity contribution in [2.45, 2.75) is 44.2 Å². The highest BCUT2D eigenvalue weighted by molar-refractivity contribution is 7.03. The summed E-state index contributed by atoms with van der Waals surface area (Å²) < 4.78 is 18.6. The number of hydrogen-bond donors (Lipinski definition) is 1. The van der Waals surface area contributed by atoms with Crippen molar-refractivity contribution in [3.8, 4) is 0 Å². The molecule has 1 saturated carbocycles. The minimum atomic E-state index is -1.09. The monoisotopic (exact) mass is 439 g/mol. The van der Waals surface area contributed by atoms with Crippen molar-refractivity contribution in [3.05, 3.63) is 71.2 Å². The summed E-state index contributed by atoms with van der Waals surface area (Å²) in [5, 5.41) is 8.42. The fraction of sp³-hybridized carbons (Fsp3) is 0.318. The van der Waals surface area contributed by atoms with Gasteiger partial charge in [-0.15, -0.1) is 5.10 Å². The van der Waals surface area contributed by atoms with Crippen LogP contribution in [0.15, 0.2) is 54.2 Å². The van der Waals surface area contributed by atoms with Gasteiger partial charge in [-0.1, -0.05) is 35.9 Å². The summed E-state index contributed by atoms with van der Waals surface area (Å²) in [7, 11) is 0. The number of carbonyl (C=O) groups excluding carboxylic acids is 2. The molecule has 1 aliphatic carbocycles. The second kappa shape index (κ2) is 9.74. The number of aromatic nitrogens is 3. The molecule has 2 heterocycles. The second-order valence-corrected chi connectivity index (χ2v) is 8.05. The molecule has 1 unspecified atom stereocenters. The summed E-state index contributed by atoms with van der Waals surface area (Å²) in [5.74, 6) is -1.57. The van der Waals surface area contributed by atoms with Crippen LogP contribution < -0.4 is 10.2 Å². The molecule has 1 fully saturated rings. The maximum absolute atomic E-state index is 14.9. The van der Waals surface area contributed by atoms with E-state index in [0.717, 1.165) is 43.6 Å². The molecule has 0 saturated heterocycles. The molecular weight excluding hydrogens is 417 g/mol. The van der Waals surface area contributed by atoms with E-state index in [2.05, 4.69) is 19.9 Å². The summed E-state index contributed by atoms with van der Waals surface area (Å²) >= 11 is 1.02. The summed E-state index contributed by atoms with van der Waals surface area (Å²) in [6.07, 6.45) is 8.11. The third kappa shape index (κ3) is 4.77. The molecule has 7 nitrogen and oxygen atoms in total. The number of anilines is 1. The van der Waals surface area contributed by atoms with E-state index in [4.69, 9.17) is 0 Å². The Bertz CT molecular complexity index is 1030. The van der Waals surface area contributed by atoms with E-state index >= 15 is 0 Å². The van der Waals surface area contributed by atoms with Gasteiger partial charge in [0.15, 0.2) is 5.69 Å². The standard InChI is InChI=1S/C22H22FN5O2S/c23-17-8-4-5-9-19(17)28(22(30)18-14-31-27-26-18)20(15-10-12-24-13-11-15)21(29)25-16-6-2-1-3-7-16/h4-5,8-14,16,20H,1-3,6-7H2,(H,25,29). The summed E-state index contributed by atoms with van der Waals surface area (Å²) in [6.45, 7) is 0. The van der Waals surface area contributed by atoms with Gasteiger partial charge >= 0.3 is 0 Å². The number of para-hydroxylation sites is 1. The molecule has 9 heteroatoms. The van der Waals surface area contributed by atoms with Gasteiger partial charge in [0.25, 0.3) is 5.91 Å². The quantitative estimate of drug-likeness (QED) is 0.629. The first kappa shape index (κ1) is 21.0. The zero-order chi connectivity index (χ0) is 21.6. The Morgan fingerprint density at radius 3 is 2.52 bits per heavy atom. The van der Waals surface area contributed by atoms with E-state index in [1.54, 1.807) is 30.6 Å². The Kier molecular flexibility index (Phi) is 6.61. The molecule has 0 radical (unpaired) electrons. The average molecular weight is 440 g/mol. The van der Waals surface area contributed by atoms with Gasteiger partial charge in [-0.2, -0.15) is 0 Å². The predicted molar refractivity (Wildman–Crippen MR) is 115 cm³/mol. The maximum atomic E-state index is 14.9. The molecule has 2 amide bonds. The molecule has 2 aromatic heterocycles. The van der Waals surface area contributed by atoms with Crippen LogP contribution in [0.4, 0.5) is 10.1 Å². The average Bonchev–Trinajstić information content (AvgIpc) is 3.34. The van der Waals surface area contributed by atoms with E-state index in [-0.39, 0.29) is 23.3 Å². The van der Waals surface area contributed by atoms with Crippen LogP contribution in [0.25, 0.3) is 0 Å². The van der Waals surface area contributed by atoms with E-state index in [1.807, 2.05) is 0 Å². The minimum Gasteiger partial charge on any atom is -0.351 e. The molecule has 3 aromatic rings. The number of rotatable bonds is 6. The van der Waals surface area contributed by atoms with Crippen LogP contribution in [0, 0.1) is 5.82 Å². The fourth-order valence-corrected chi connectivity index (χ4v) is 4.31. The first-order valence-electron chi connectivity index (χ1n) is 10.2. The van der Waals surface area contributed by atoms with Crippen molar-refractivity contribution in [3.63, 3.8) is 0 Å². The number of carbonyl (C=O) groups is 2. The Morgan fingerprint density at radius 1 is 1.10 bits per heavy atom.